The molecule has 1 heterocycles. The summed E-state index contributed by atoms with van der Waals surface area (Å²) in [5.41, 5.74) is 1.87. The van der Waals surface area contributed by atoms with Crippen molar-refractivity contribution in [2.24, 2.45) is 23.2 Å². The molecule has 4 bridgehead atoms. The zero-order valence-electron chi connectivity index (χ0n) is 18.8. The Kier molecular flexibility index (Phi) is 5.14. The summed E-state index contributed by atoms with van der Waals surface area (Å²) in [6.45, 7) is 0.630. The molecule has 0 saturated heterocycles. The van der Waals surface area contributed by atoms with E-state index in [1.54, 1.807) is 14.2 Å². The molecule has 1 atom stereocenters. The highest BCUT2D eigenvalue weighted by molar-refractivity contribution is 5.85. The van der Waals surface area contributed by atoms with Gasteiger partial charge in [-0.2, -0.15) is 0 Å². The Bertz CT molecular complexity index is 859. The van der Waals surface area contributed by atoms with Gasteiger partial charge in [-0.05, 0) is 86.0 Å². The summed E-state index contributed by atoms with van der Waals surface area (Å²) in [5, 5.41) is 0. The standard InChI is InChI=1S/C25H33NO5/c1-29-21-9-18-4-5-26(20(11-23(27)31-3)19(18)10-22(21)30-2)24(28)25-12-15-6-16(13-25)8-17(7-15)14-25/h9-10,15-17,20H,4-8,11-14H2,1-3H3. The lowest BCUT2D eigenvalue weighted by atomic mass is 9.49. The third-order valence-electron chi connectivity index (χ3n) is 8.34. The third-order valence-corrected chi connectivity index (χ3v) is 8.34. The second-order valence-electron chi connectivity index (χ2n) is 10.1. The first-order chi connectivity index (χ1) is 15.0. The summed E-state index contributed by atoms with van der Waals surface area (Å²) in [6, 6.07) is 3.61. The van der Waals surface area contributed by atoms with Crippen LogP contribution < -0.4 is 9.47 Å². The summed E-state index contributed by atoms with van der Waals surface area (Å²) in [4.78, 5) is 28.5. The molecule has 168 valence electrons. The number of benzene rings is 1. The van der Waals surface area contributed by atoms with Crippen molar-refractivity contribution in [1.29, 1.82) is 0 Å². The molecule has 0 N–H and O–H groups in total. The number of carbonyl (C=O) groups excluding carboxylic acids is 2. The van der Waals surface area contributed by atoms with E-state index < -0.39 is 0 Å². The average Bonchev–Trinajstić information content (AvgIpc) is 2.76. The highest BCUT2D eigenvalue weighted by atomic mass is 16.5. The molecule has 4 aliphatic carbocycles. The van der Waals surface area contributed by atoms with Gasteiger partial charge in [0.15, 0.2) is 11.5 Å². The normalized spacial score (nSPS) is 33.1. The largest absolute Gasteiger partial charge is 0.493 e. The zero-order valence-corrected chi connectivity index (χ0v) is 18.8. The first-order valence-corrected chi connectivity index (χ1v) is 11.6. The number of ether oxygens (including phenoxy) is 3. The molecule has 6 nitrogen and oxygen atoms in total. The second kappa shape index (κ2) is 7.72. The van der Waals surface area contributed by atoms with Crippen molar-refractivity contribution >= 4 is 11.9 Å². The van der Waals surface area contributed by atoms with E-state index in [-0.39, 0.29) is 29.8 Å². The number of nitrogens with zero attached hydrogens (tertiary/aromatic N) is 1. The number of esters is 1. The Morgan fingerprint density at radius 3 is 2.10 bits per heavy atom. The Morgan fingerprint density at radius 1 is 0.968 bits per heavy atom. The molecule has 1 aromatic rings. The van der Waals surface area contributed by atoms with Crippen molar-refractivity contribution in [3.05, 3.63) is 23.3 Å². The summed E-state index contributed by atoms with van der Waals surface area (Å²) in [5.74, 6) is 3.39. The first-order valence-electron chi connectivity index (χ1n) is 11.6. The van der Waals surface area contributed by atoms with Crippen LogP contribution in [0.3, 0.4) is 0 Å². The minimum absolute atomic E-state index is 0.164. The van der Waals surface area contributed by atoms with E-state index in [0.29, 0.717) is 35.8 Å². The number of amides is 1. The molecule has 4 saturated carbocycles. The van der Waals surface area contributed by atoms with Crippen LogP contribution in [-0.2, 0) is 20.7 Å². The second-order valence-corrected chi connectivity index (χ2v) is 10.1. The van der Waals surface area contributed by atoms with E-state index in [1.807, 2.05) is 17.0 Å². The molecule has 5 aliphatic rings. The van der Waals surface area contributed by atoms with Crippen LogP contribution >= 0.6 is 0 Å². The molecular weight excluding hydrogens is 394 g/mol. The number of carbonyl (C=O) groups is 2. The Labute approximate surface area is 184 Å². The molecule has 6 rings (SSSR count). The average molecular weight is 428 g/mol. The fourth-order valence-corrected chi connectivity index (χ4v) is 7.41. The van der Waals surface area contributed by atoms with Gasteiger partial charge in [-0.15, -0.1) is 0 Å². The number of hydrogen-bond donors (Lipinski definition) is 0. The van der Waals surface area contributed by atoms with Crippen molar-refractivity contribution in [3.63, 3.8) is 0 Å². The predicted molar refractivity (Wildman–Crippen MR) is 115 cm³/mol. The molecule has 4 fully saturated rings. The van der Waals surface area contributed by atoms with Crippen molar-refractivity contribution in [2.45, 2.75) is 57.4 Å². The minimum atomic E-state index is -0.323. The van der Waals surface area contributed by atoms with Gasteiger partial charge in [0.1, 0.15) is 0 Å². The van der Waals surface area contributed by atoms with Gasteiger partial charge in [-0.3, -0.25) is 9.59 Å². The van der Waals surface area contributed by atoms with Crippen LogP contribution in [0, 0.1) is 23.2 Å². The van der Waals surface area contributed by atoms with Crippen LogP contribution in [0.4, 0.5) is 0 Å². The molecule has 0 radical (unpaired) electrons. The number of hydrogen-bond acceptors (Lipinski definition) is 5. The van der Waals surface area contributed by atoms with Crippen LogP contribution in [-0.4, -0.2) is 44.7 Å². The number of fused-ring (bicyclic) bond motifs is 1. The Balaban J connectivity index is 1.51. The Morgan fingerprint density at radius 2 is 1.55 bits per heavy atom. The molecule has 0 spiro atoms. The summed E-state index contributed by atoms with van der Waals surface area (Å²) in [7, 11) is 4.65. The maximum atomic E-state index is 14.1. The van der Waals surface area contributed by atoms with E-state index in [0.717, 1.165) is 36.8 Å². The highest BCUT2D eigenvalue weighted by Gasteiger charge is 2.56. The number of methoxy groups -OCH3 is 3. The fourth-order valence-electron chi connectivity index (χ4n) is 7.41. The quantitative estimate of drug-likeness (QED) is 0.667. The van der Waals surface area contributed by atoms with Crippen molar-refractivity contribution in [2.75, 3.05) is 27.9 Å². The van der Waals surface area contributed by atoms with Gasteiger partial charge in [0.2, 0.25) is 5.91 Å². The van der Waals surface area contributed by atoms with Gasteiger partial charge in [0.05, 0.1) is 39.2 Å². The SMILES string of the molecule is COC(=O)CC1c2cc(OC)c(OC)cc2CCN1C(=O)C12CC3CC(CC(C3)C1)C2. The van der Waals surface area contributed by atoms with Crippen LogP contribution in [0.15, 0.2) is 12.1 Å². The van der Waals surface area contributed by atoms with E-state index in [1.165, 1.54) is 26.4 Å². The molecular formula is C25H33NO5. The molecule has 1 aliphatic heterocycles. The van der Waals surface area contributed by atoms with Crippen molar-refractivity contribution in [1.82, 2.24) is 4.90 Å². The summed E-state index contributed by atoms with van der Waals surface area (Å²) in [6.07, 6.45) is 7.91. The van der Waals surface area contributed by atoms with Crippen LogP contribution in [0.1, 0.15) is 62.1 Å². The molecule has 0 aromatic heterocycles. The van der Waals surface area contributed by atoms with Gasteiger partial charge in [-0.1, -0.05) is 0 Å². The lowest BCUT2D eigenvalue weighted by Crippen LogP contribution is -2.56. The first kappa shape index (κ1) is 20.7. The van der Waals surface area contributed by atoms with E-state index in [2.05, 4.69) is 0 Å². The third kappa shape index (κ3) is 3.39. The summed E-state index contributed by atoms with van der Waals surface area (Å²) >= 11 is 0. The molecule has 1 amide bonds. The van der Waals surface area contributed by atoms with Crippen molar-refractivity contribution in [3.8, 4) is 11.5 Å². The van der Waals surface area contributed by atoms with Gasteiger partial charge in [-0.25, -0.2) is 0 Å². The molecule has 31 heavy (non-hydrogen) atoms. The monoisotopic (exact) mass is 427 g/mol. The predicted octanol–water partition coefficient (Wildman–Crippen LogP) is 3.91. The molecule has 1 aromatic carbocycles. The molecule has 1 unspecified atom stereocenters. The fraction of sp³-hybridized carbons (Fsp3) is 0.680. The van der Waals surface area contributed by atoms with Crippen LogP contribution in [0.25, 0.3) is 0 Å². The van der Waals surface area contributed by atoms with E-state index in [9.17, 15) is 9.59 Å². The Hall–Kier alpha value is -2.24. The smallest absolute Gasteiger partial charge is 0.307 e. The van der Waals surface area contributed by atoms with Gasteiger partial charge in [0.25, 0.3) is 0 Å². The van der Waals surface area contributed by atoms with Gasteiger partial charge < -0.3 is 19.1 Å². The highest BCUT2D eigenvalue weighted by Crippen LogP contribution is 2.61. The van der Waals surface area contributed by atoms with Crippen molar-refractivity contribution < 1.29 is 23.8 Å². The lowest BCUT2D eigenvalue weighted by Gasteiger charge is -2.57. The zero-order chi connectivity index (χ0) is 21.8. The minimum Gasteiger partial charge on any atom is -0.493 e. The molecule has 6 heteroatoms. The maximum absolute atomic E-state index is 14.1. The van der Waals surface area contributed by atoms with Gasteiger partial charge in [0, 0.05) is 6.54 Å². The lowest BCUT2D eigenvalue weighted by molar-refractivity contribution is -0.162. The van der Waals surface area contributed by atoms with Crippen LogP contribution in [0.2, 0.25) is 0 Å². The van der Waals surface area contributed by atoms with Crippen LogP contribution in [0.5, 0.6) is 11.5 Å². The van der Waals surface area contributed by atoms with E-state index >= 15 is 0 Å². The topological polar surface area (TPSA) is 65.1 Å². The maximum Gasteiger partial charge on any atom is 0.307 e. The van der Waals surface area contributed by atoms with E-state index in [4.69, 9.17) is 14.2 Å². The van der Waals surface area contributed by atoms with Gasteiger partial charge >= 0.3 is 5.97 Å². The number of rotatable bonds is 5. The summed E-state index contributed by atoms with van der Waals surface area (Å²) < 4.78 is 16.0.